The van der Waals surface area contributed by atoms with E-state index in [-0.39, 0.29) is 23.6 Å². The molecule has 6 heteroatoms. The Morgan fingerprint density at radius 1 is 1.35 bits per heavy atom. The number of para-hydroxylation sites is 1. The number of hydrogen-bond acceptors (Lipinski definition) is 4. The fraction of sp³-hybridized carbons (Fsp3) is 0.500. The van der Waals surface area contributed by atoms with E-state index in [0.29, 0.717) is 0 Å². The first kappa shape index (κ1) is 14.3. The molecule has 1 aromatic carbocycles. The number of amides is 1. The van der Waals surface area contributed by atoms with E-state index in [0.717, 1.165) is 19.3 Å². The van der Waals surface area contributed by atoms with Crippen LogP contribution in [-0.4, -0.2) is 32.9 Å². The highest BCUT2D eigenvalue weighted by atomic mass is 16.6. The second-order valence-corrected chi connectivity index (χ2v) is 5.27. The first-order chi connectivity index (χ1) is 9.43. The van der Waals surface area contributed by atoms with Crippen LogP contribution in [0.2, 0.25) is 0 Å². The zero-order valence-corrected chi connectivity index (χ0v) is 11.6. The highest BCUT2D eigenvalue weighted by molar-refractivity contribution is 5.98. The van der Waals surface area contributed by atoms with Crippen LogP contribution in [0.25, 0.3) is 0 Å². The van der Waals surface area contributed by atoms with Gasteiger partial charge in [-0.25, -0.2) is 0 Å². The number of hydrogen-bond donors (Lipinski definition) is 1. The summed E-state index contributed by atoms with van der Waals surface area (Å²) in [4.78, 5) is 24.4. The maximum atomic E-state index is 12.6. The molecule has 0 radical (unpaired) electrons. The van der Waals surface area contributed by atoms with Crippen molar-refractivity contribution in [1.82, 2.24) is 4.90 Å². The van der Waals surface area contributed by atoms with Crippen LogP contribution >= 0.6 is 0 Å². The molecular formula is C14H18N2O4. The third-order valence-electron chi connectivity index (χ3n) is 3.87. The van der Waals surface area contributed by atoms with Crippen molar-refractivity contribution in [3.8, 4) is 5.75 Å². The van der Waals surface area contributed by atoms with Crippen LogP contribution in [0.5, 0.6) is 5.75 Å². The molecule has 0 bridgehead atoms. The number of piperidine rings is 1. The predicted octanol–water partition coefficient (Wildman–Crippen LogP) is 2.70. The zero-order chi connectivity index (χ0) is 14.9. The summed E-state index contributed by atoms with van der Waals surface area (Å²) in [5.74, 6) is -0.890. The molecule has 1 amide bonds. The minimum absolute atomic E-state index is 0.000185. The number of carbonyl (C=O) groups is 1. The number of aromatic hydroxyl groups is 1. The van der Waals surface area contributed by atoms with Gasteiger partial charge in [0.15, 0.2) is 0 Å². The van der Waals surface area contributed by atoms with Crippen molar-refractivity contribution < 1.29 is 14.8 Å². The second kappa shape index (κ2) is 5.48. The van der Waals surface area contributed by atoms with E-state index in [4.69, 9.17) is 0 Å². The number of phenols is 1. The highest BCUT2D eigenvalue weighted by Crippen LogP contribution is 2.32. The molecule has 1 saturated heterocycles. The standard InChI is InChI=1S/C14H18N2O4/c1-9-5-3-6-10(2)15(9)14(18)11-7-4-8-12(13(11)17)16(19)20/h4,7-10,17H,3,5-6H2,1-2H3. The van der Waals surface area contributed by atoms with Crippen molar-refractivity contribution in [2.75, 3.05) is 0 Å². The number of carbonyl (C=O) groups excluding carboxylic acids is 1. The lowest BCUT2D eigenvalue weighted by Crippen LogP contribution is -2.47. The van der Waals surface area contributed by atoms with Crippen molar-refractivity contribution in [2.45, 2.75) is 45.2 Å². The molecule has 1 aliphatic heterocycles. The van der Waals surface area contributed by atoms with Crippen molar-refractivity contribution >= 4 is 11.6 Å². The van der Waals surface area contributed by atoms with Crippen molar-refractivity contribution in [3.05, 3.63) is 33.9 Å². The van der Waals surface area contributed by atoms with Crippen LogP contribution in [-0.2, 0) is 0 Å². The molecule has 1 aromatic rings. The van der Waals surface area contributed by atoms with E-state index >= 15 is 0 Å². The average Bonchev–Trinajstić information content (AvgIpc) is 2.38. The van der Waals surface area contributed by atoms with Gasteiger partial charge in [0.25, 0.3) is 5.91 Å². The van der Waals surface area contributed by atoms with Crippen molar-refractivity contribution in [3.63, 3.8) is 0 Å². The maximum absolute atomic E-state index is 12.6. The molecule has 6 nitrogen and oxygen atoms in total. The molecule has 1 aliphatic rings. The summed E-state index contributed by atoms with van der Waals surface area (Å²) in [5, 5.41) is 20.8. The molecule has 1 heterocycles. The van der Waals surface area contributed by atoms with Crippen LogP contribution in [0.15, 0.2) is 18.2 Å². The van der Waals surface area contributed by atoms with Gasteiger partial charge in [-0.05, 0) is 39.2 Å². The minimum Gasteiger partial charge on any atom is -0.502 e. The number of nitro groups is 1. The third kappa shape index (κ3) is 2.45. The zero-order valence-electron chi connectivity index (χ0n) is 11.6. The normalized spacial score (nSPS) is 22.6. The first-order valence-corrected chi connectivity index (χ1v) is 6.72. The van der Waals surface area contributed by atoms with E-state index in [9.17, 15) is 20.0 Å². The lowest BCUT2D eigenvalue weighted by molar-refractivity contribution is -0.385. The molecule has 0 spiro atoms. The molecule has 1 N–H and O–H groups in total. The van der Waals surface area contributed by atoms with Gasteiger partial charge in [0.05, 0.1) is 10.5 Å². The largest absolute Gasteiger partial charge is 0.502 e. The maximum Gasteiger partial charge on any atom is 0.311 e. The third-order valence-corrected chi connectivity index (χ3v) is 3.87. The van der Waals surface area contributed by atoms with Gasteiger partial charge in [-0.15, -0.1) is 0 Å². The van der Waals surface area contributed by atoms with Crippen molar-refractivity contribution in [1.29, 1.82) is 0 Å². The summed E-state index contributed by atoms with van der Waals surface area (Å²) in [7, 11) is 0. The molecule has 1 fully saturated rings. The molecule has 2 atom stereocenters. The molecular weight excluding hydrogens is 260 g/mol. The molecule has 20 heavy (non-hydrogen) atoms. The molecule has 2 rings (SSSR count). The Labute approximate surface area is 117 Å². The number of nitro benzene ring substituents is 1. The average molecular weight is 278 g/mol. The molecule has 0 aliphatic carbocycles. The number of likely N-dealkylation sites (tertiary alicyclic amines) is 1. The van der Waals surface area contributed by atoms with Crippen LogP contribution in [0.1, 0.15) is 43.5 Å². The van der Waals surface area contributed by atoms with Gasteiger partial charge >= 0.3 is 5.69 Å². The fourth-order valence-electron chi connectivity index (χ4n) is 2.81. The summed E-state index contributed by atoms with van der Waals surface area (Å²) in [6.07, 6.45) is 2.88. The van der Waals surface area contributed by atoms with Crippen LogP contribution in [0.4, 0.5) is 5.69 Å². The Balaban J connectivity index is 2.38. The lowest BCUT2D eigenvalue weighted by atomic mass is 9.96. The highest BCUT2D eigenvalue weighted by Gasteiger charge is 2.32. The summed E-state index contributed by atoms with van der Waals surface area (Å²) in [6.45, 7) is 3.92. The molecule has 2 unspecified atom stereocenters. The van der Waals surface area contributed by atoms with Gasteiger partial charge in [-0.1, -0.05) is 6.07 Å². The number of benzene rings is 1. The Morgan fingerprint density at radius 2 is 1.95 bits per heavy atom. The Kier molecular flexibility index (Phi) is 3.92. The van der Waals surface area contributed by atoms with Crippen LogP contribution < -0.4 is 0 Å². The monoisotopic (exact) mass is 278 g/mol. The van der Waals surface area contributed by atoms with Gasteiger partial charge in [0.1, 0.15) is 0 Å². The Morgan fingerprint density at radius 3 is 2.50 bits per heavy atom. The van der Waals surface area contributed by atoms with Gasteiger partial charge in [0, 0.05) is 18.2 Å². The van der Waals surface area contributed by atoms with E-state index in [1.807, 2.05) is 13.8 Å². The topological polar surface area (TPSA) is 83.7 Å². The van der Waals surface area contributed by atoms with E-state index in [2.05, 4.69) is 0 Å². The fourth-order valence-corrected chi connectivity index (χ4v) is 2.81. The van der Waals surface area contributed by atoms with Gasteiger partial charge in [-0.3, -0.25) is 14.9 Å². The number of rotatable bonds is 2. The summed E-state index contributed by atoms with van der Waals surface area (Å²) < 4.78 is 0. The molecule has 108 valence electrons. The van der Waals surface area contributed by atoms with Crippen LogP contribution in [0.3, 0.4) is 0 Å². The summed E-state index contributed by atoms with van der Waals surface area (Å²) in [5.41, 5.74) is -0.437. The first-order valence-electron chi connectivity index (χ1n) is 6.72. The van der Waals surface area contributed by atoms with E-state index in [1.165, 1.54) is 18.2 Å². The number of phenolic OH excluding ortho intramolecular Hbond substituents is 1. The van der Waals surface area contributed by atoms with E-state index in [1.54, 1.807) is 4.90 Å². The lowest BCUT2D eigenvalue weighted by Gasteiger charge is -2.39. The summed E-state index contributed by atoms with van der Waals surface area (Å²) >= 11 is 0. The molecule has 0 saturated carbocycles. The molecule has 0 aromatic heterocycles. The Hall–Kier alpha value is -2.11. The van der Waals surface area contributed by atoms with Crippen LogP contribution in [0, 0.1) is 10.1 Å². The predicted molar refractivity (Wildman–Crippen MR) is 73.7 cm³/mol. The van der Waals surface area contributed by atoms with Gasteiger partial charge in [0.2, 0.25) is 5.75 Å². The van der Waals surface area contributed by atoms with Gasteiger partial charge < -0.3 is 10.0 Å². The van der Waals surface area contributed by atoms with Gasteiger partial charge in [-0.2, -0.15) is 0 Å². The number of nitrogens with zero attached hydrogens (tertiary/aromatic N) is 2. The SMILES string of the molecule is CC1CCCC(C)N1C(=O)c1cccc([N+](=O)[O-])c1O. The minimum atomic E-state index is -0.685. The summed E-state index contributed by atoms with van der Waals surface area (Å²) in [6, 6.07) is 4.19. The second-order valence-electron chi connectivity index (χ2n) is 5.27. The Bertz CT molecular complexity index is 534. The van der Waals surface area contributed by atoms with E-state index < -0.39 is 16.4 Å². The quantitative estimate of drug-likeness (QED) is 0.666. The van der Waals surface area contributed by atoms with Crippen molar-refractivity contribution in [2.24, 2.45) is 0 Å². The smallest absolute Gasteiger partial charge is 0.311 e.